The first kappa shape index (κ1) is 26.2. The van der Waals surface area contributed by atoms with E-state index in [0.29, 0.717) is 5.52 Å². The van der Waals surface area contributed by atoms with Crippen molar-refractivity contribution in [3.63, 3.8) is 0 Å². The van der Waals surface area contributed by atoms with Crippen LogP contribution < -0.4 is 4.84 Å². The summed E-state index contributed by atoms with van der Waals surface area (Å²) in [4.78, 5) is 19.9. The van der Waals surface area contributed by atoms with Crippen LogP contribution in [0.3, 0.4) is 0 Å². The van der Waals surface area contributed by atoms with Crippen molar-refractivity contribution >= 4 is 39.4 Å². The van der Waals surface area contributed by atoms with Gasteiger partial charge in [-0.15, -0.1) is 5.10 Å². The smallest absolute Gasteiger partial charge is 0.400 e. The predicted octanol–water partition coefficient (Wildman–Crippen LogP) is 4.70. The van der Waals surface area contributed by atoms with Crippen molar-refractivity contribution in [2.24, 2.45) is 0 Å². The van der Waals surface area contributed by atoms with Gasteiger partial charge in [0.1, 0.15) is 29.5 Å². The molecule has 0 aliphatic carbocycles. The Kier molecular flexibility index (Phi) is 10.2. The molecule has 0 bridgehead atoms. The van der Waals surface area contributed by atoms with Gasteiger partial charge in [0.2, 0.25) is 0 Å². The Morgan fingerprint density at radius 3 is 2.39 bits per heavy atom. The third-order valence-corrected chi connectivity index (χ3v) is 6.18. The number of benzene rings is 2. The molecule has 0 saturated carbocycles. The molecule has 0 aliphatic heterocycles. The van der Waals surface area contributed by atoms with Crippen LogP contribution in [0.25, 0.3) is 11.0 Å². The first-order chi connectivity index (χ1) is 16.0. The van der Waals surface area contributed by atoms with Crippen LogP contribution in [0.1, 0.15) is 11.1 Å². The number of carbonyl (C=O) groups excluding carboxylic acids is 1. The molecular formula is C21H19F3N4O3S2. The normalized spacial score (nSPS) is 10.6. The van der Waals surface area contributed by atoms with Gasteiger partial charge < -0.3 is 14.7 Å². The van der Waals surface area contributed by atoms with Gasteiger partial charge >= 0.3 is 6.18 Å². The third kappa shape index (κ3) is 7.48. The Morgan fingerprint density at radius 1 is 1.03 bits per heavy atom. The van der Waals surface area contributed by atoms with Gasteiger partial charge in [0, 0.05) is 18.2 Å². The van der Waals surface area contributed by atoms with E-state index in [-0.39, 0.29) is 12.1 Å². The molecule has 0 spiro atoms. The Morgan fingerprint density at radius 2 is 1.76 bits per heavy atom. The van der Waals surface area contributed by atoms with Gasteiger partial charge in [0.25, 0.3) is 0 Å². The second kappa shape index (κ2) is 12.8. The average Bonchev–Trinajstić information content (AvgIpc) is 3.27. The van der Waals surface area contributed by atoms with Crippen molar-refractivity contribution in [1.29, 1.82) is 0 Å². The Labute approximate surface area is 195 Å². The minimum Gasteiger partial charge on any atom is -0.400 e. The summed E-state index contributed by atoms with van der Waals surface area (Å²) in [6.45, 7) is 2.15. The molecular weight excluding hydrogens is 477 g/mol. The van der Waals surface area contributed by atoms with E-state index in [4.69, 9.17) is 14.7 Å². The van der Waals surface area contributed by atoms with Crippen molar-refractivity contribution in [1.82, 2.24) is 20.1 Å². The van der Waals surface area contributed by atoms with Crippen LogP contribution in [-0.2, 0) is 17.6 Å². The summed E-state index contributed by atoms with van der Waals surface area (Å²) in [7, 11) is 4.14. The average molecular weight is 497 g/mol. The fourth-order valence-electron chi connectivity index (χ4n) is 2.43. The van der Waals surface area contributed by atoms with E-state index >= 15 is 0 Å². The molecule has 174 valence electrons. The molecule has 12 heteroatoms. The van der Waals surface area contributed by atoms with Gasteiger partial charge in [0.15, 0.2) is 0 Å². The molecule has 0 fully saturated rings. The summed E-state index contributed by atoms with van der Waals surface area (Å²) in [5.41, 5.74) is 0.576. The van der Waals surface area contributed by atoms with Crippen molar-refractivity contribution < 1.29 is 27.9 Å². The van der Waals surface area contributed by atoms with Gasteiger partial charge in [-0.25, -0.2) is 4.98 Å². The zero-order chi connectivity index (χ0) is 24.3. The van der Waals surface area contributed by atoms with Crippen molar-refractivity contribution in [2.45, 2.75) is 22.7 Å². The van der Waals surface area contributed by atoms with Gasteiger partial charge in [-0.2, -0.15) is 13.2 Å². The Balaban J connectivity index is 0.000000914. The lowest BCUT2D eigenvalue weighted by molar-refractivity contribution is -0.137. The number of aliphatic hydroxyl groups excluding tert-OH is 1. The fraction of sp³-hybridized carbons (Fsp3) is 0.143. The van der Waals surface area contributed by atoms with E-state index in [1.54, 1.807) is 27.8 Å². The van der Waals surface area contributed by atoms with Gasteiger partial charge in [-0.1, -0.05) is 33.8 Å². The highest BCUT2D eigenvalue weighted by Gasteiger charge is 2.31. The lowest BCUT2D eigenvalue weighted by atomic mass is 10.2. The minimum atomic E-state index is -4.44. The van der Waals surface area contributed by atoms with Crippen molar-refractivity contribution in [2.75, 3.05) is 7.11 Å². The summed E-state index contributed by atoms with van der Waals surface area (Å²) >= 11 is 0. The molecule has 33 heavy (non-hydrogen) atoms. The number of nitrogens with zero attached hydrogens (tertiary/aromatic N) is 4. The summed E-state index contributed by atoms with van der Waals surface area (Å²) in [5, 5.41) is 15.5. The maximum Gasteiger partial charge on any atom is 0.416 e. The highest BCUT2D eigenvalue weighted by atomic mass is 33.1. The van der Waals surface area contributed by atoms with Crippen LogP contribution in [0.5, 0.6) is 0 Å². The number of aliphatic hydroxyl groups is 1. The highest BCUT2D eigenvalue weighted by Crippen LogP contribution is 2.36. The molecule has 0 unspecified atom stereocenters. The second-order valence-electron chi connectivity index (χ2n) is 5.92. The molecule has 2 aromatic heterocycles. The third-order valence-electron chi connectivity index (χ3n) is 3.88. The van der Waals surface area contributed by atoms with E-state index in [2.05, 4.69) is 15.3 Å². The highest BCUT2D eigenvalue weighted by molar-refractivity contribution is 8.76. The molecule has 0 radical (unpaired) electrons. The van der Waals surface area contributed by atoms with E-state index in [1.165, 1.54) is 6.07 Å². The van der Waals surface area contributed by atoms with Crippen molar-refractivity contribution in [3.8, 4) is 0 Å². The molecule has 4 rings (SSSR count). The fourth-order valence-corrected chi connectivity index (χ4v) is 4.27. The van der Waals surface area contributed by atoms with E-state index < -0.39 is 11.7 Å². The van der Waals surface area contributed by atoms with Crippen LogP contribution in [0, 0.1) is 0 Å². The Bertz CT molecular complexity index is 1130. The largest absolute Gasteiger partial charge is 0.416 e. The molecule has 2 aromatic carbocycles. The lowest BCUT2D eigenvalue weighted by Gasteiger charge is -2.08. The number of rotatable bonds is 6. The van der Waals surface area contributed by atoms with Crippen molar-refractivity contribution in [3.05, 3.63) is 78.0 Å². The summed E-state index contributed by atoms with van der Waals surface area (Å²) < 4.78 is 38.7. The number of hydrogen-bond donors (Lipinski definition) is 1. The molecule has 0 saturated heterocycles. The lowest BCUT2D eigenvalue weighted by Crippen LogP contribution is -2.13. The van der Waals surface area contributed by atoms with Gasteiger partial charge in [-0.3, -0.25) is 0 Å². The number of alkyl halides is 3. The topological polar surface area (TPSA) is 90.1 Å². The maximum absolute atomic E-state index is 12.9. The number of fused-ring (bicyclic) bond motifs is 1. The zero-order valence-electron chi connectivity index (χ0n) is 17.3. The number of carbonyl (C=O) groups is 1. The van der Waals surface area contributed by atoms with Crippen LogP contribution in [0.15, 0.2) is 76.8 Å². The SMILES string of the molecule is C=O.CO.FC(F)(F)c1ccc2nnn(OCc3ccc(SSc4ccccn4)cc3)c2c1. The maximum atomic E-state index is 12.9. The molecule has 2 heterocycles. The Hall–Kier alpha value is -3.09. The second-order valence-corrected chi connectivity index (χ2v) is 8.14. The van der Waals surface area contributed by atoms with Crippen LogP contribution in [-0.4, -0.2) is 39.1 Å². The van der Waals surface area contributed by atoms with Crippen LogP contribution in [0.2, 0.25) is 0 Å². The molecule has 0 aliphatic rings. The quantitative estimate of drug-likeness (QED) is 0.385. The van der Waals surface area contributed by atoms with E-state index in [1.807, 2.05) is 49.3 Å². The first-order valence-electron chi connectivity index (χ1n) is 9.13. The molecule has 0 amide bonds. The molecule has 1 N–H and O–H groups in total. The number of aromatic nitrogens is 4. The van der Waals surface area contributed by atoms with Gasteiger partial charge in [0.05, 0.1) is 5.56 Å². The zero-order valence-corrected chi connectivity index (χ0v) is 18.9. The minimum absolute atomic E-state index is 0.146. The molecule has 0 atom stereocenters. The monoisotopic (exact) mass is 496 g/mol. The number of pyridine rings is 1. The molecule has 4 aromatic rings. The van der Waals surface area contributed by atoms with Crippen LogP contribution >= 0.6 is 21.6 Å². The summed E-state index contributed by atoms with van der Waals surface area (Å²) in [5.74, 6) is 0. The summed E-state index contributed by atoms with van der Waals surface area (Å²) in [6, 6.07) is 16.6. The number of halogens is 3. The first-order valence-corrected chi connectivity index (χ1v) is 11.3. The predicted molar refractivity (Wildman–Crippen MR) is 120 cm³/mol. The van der Waals surface area contributed by atoms with E-state index in [9.17, 15) is 13.2 Å². The van der Waals surface area contributed by atoms with E-state index in [0.717, 1.165) is 39.6 Å². The van der Waals surface area contributed by atoms with Gasteiger partial charge in [-0.05, 0) is 64.0 Å². The standard InChI is InChI=1S/C19H13F3N4OS2.CH4O.CH2O/c20-19(21,22)14-6-9-16-17(11-14)26(25-24-16)27-12-13-4-7-15(8-5-13)28-29-18-3-1-2-10-23-18;2*1-2/h1-11H,12H2;2H,1H3;1H2. The number of hydrogen-bond acceptors (Lipinski definition) is 8. The van der Waals surface area contributed by atoms with Crippen LogP contribution in [0.4, 0.5) is 13.2 Å². The summed E-state index contributed by atoms with van der Waals surface area (Å²) in [6.07, 6.45) is -2.70. The molecule has 7 nitrogen and oxygen atoms in total.